The van der Waals surface area contributed by atoms with Crippen LogP contribution in [0.25, 0.3) is 10.9 Å². The molecule has 3 heterocycles. The number of methoxy groups -OCH3 is 1. The molecule has 2 amide bonds. The van der Waals surface area contributed by atoms with E-state index in [1.807, 2.05) is 48.5 Å². The molecule has 1 fully saturated rings. The molecule has 0 spiro atoms. The monoisotopic (exact) mass is 487 g/mol. The molecule has 0 aliphatic carbocycles. The predicted molar refractivity (Wildman–Crippen MR) is 138 cm³/mol. The molecule has 36 heavy (non-hydrogen) atoms. The number of carbonyl (C=O) groups excluding carboxylic acids is 3. The van der Waals surface area contributed by atoms with Gasteiger partial charge in [-0.05, 0) is 42.0 Å². The van der Waals surface area contributed by atoms with Crippen molar-refractivity contribution in [3.63, 3.8) is 0 Å². The third-order valence-electron chi connectivity index (χ3n) is 7.38. The molecule has 3 aromatic rings. The Hall–Kier alpha value is -3.61. The number of aromatic amines is 1. The van der Waals surface area contributed by atoms with Gasteiger partial charge < -0.3 is 19.9 Å². The van der Waals surface area contributed by atoms with E-state index in [2.05, 4.69) is 24.1 Å². The number of ketones is 1. The summed E-state index contributed by atoms with van der Waals surface area (Å²) < 4.78 is 5.39. The molecule has 7 heteroatoms. The molecule has 0 radical (unpaired) electrons. The number of aromatic nitrogens is 1. The minimum atomic E-state index is -0.822. The molecule has 188 valence electrons. The van der Waals surface area contributed by atoms with Crippen LogP contribution in [0.5, 0.6) is 5.75 Å². The number of hydrogen-bond acceptors (Lipinski definition) is 4. The van der Waals surface area contributed by atoms with Gasteiger partial charge in [-0.25, -0.2) is 0 Å². The average Bonchev–Trinajstić information content (AvgIpc) is 3.24. The van der Waals surface area contributed by atoms with Gasteiger partial charge in [0.2, 0.25) is 11.8 Å². The van der Waals surface area contributed by atoms with Crippen LogP contribution >= 0.6 is 0 Å². The molecule has 0 bridgehead atoms. The van der Waals surface area contributed by atoms with Crippen molar-refractivity contribution < 1.29 is 19.1 Å². The van der Waals surface area contributed by atoms with Gasteiger partial charge in [-0.3, -0.25) is 14.4 Å². The Morgan fingerprint density at radius 2 is 1.92 bits per heavy atom. The van der Waals surface area contributed by atoms with Crippen molar-refractivity contribution in [1.29, 1.82) is 0 Å². The van der Waals surface area contributed by atoms with E-state index < -0.39 is 12.1 Å². The Kier molecular flexibility index (Phi) is 6.56. The number of carbonyl (C=O) groups is 3. The van der Waals surface area contributed by atoms with E-state index in [0.717, 1.165) is 39.9 Å². The molecule has 2 aliphatic rings. The van der Waals surface area contributed by atoms with E-state index in [1.165, 1.54) is 0 Å². The zero-order chi connectivity index (χ0) is 25.4. The quantitative estimate of drug-likeness (QED) is 0.500. The number of rotatable bonds is 8. The van der Waals surface area contributed by atoms with Gasteiger partial charge in [-0.1, -0.05) is 44.2 Å². The topological polar surface area (TPSA) is 91.5 Å². The highest BCUT2D eigenvalue weighted by Crippen LogP contribution is 2.42. The van der Waals surface area contributed by atoms with E-state index in [1.54, 1.807) is 12.0 Å². The van der Waals surface area contributed by atoms with Crippen molar-refractivity contribution in [3.8, 4) is 5.75 Å². The number of nitrogens with one attached hydrogen (secondary N) is 2. The Labute approximate surface area is 211 Å². The first-order chi connectivity index (χ1) is 17.4. The molecule has 1 aromatic heterocycles. The lowest BCUT2D eigenvalue weighted by Gasteiger charge is -2.46. The van der Waals surface area contributed by atoms with Crippen LogP contribution in [0, 0.1) is 5.92 Å². The number of benzene rings is 2. The summed E-state index contributed by atoms with van der Waals surface area (Å²) in [6, 6.07) is 14.1. The van der Waals surface area contributed by atoms with E-state index in [-0.39, 0.29) is 30.1 Å². The first-order valence-electron chi connectivity index (χ1n) is 12.7. The Bertz CT molecular complexity index is 1300. The van der Waals surface area contributed by atoms with Crippen LogP contribution in [-0.2, 0) is 27.2 Å². The number of nitrogens with zero attached hydrogens (tertiary/aromatic N) is 1. The highest BCUT2D eigenvalue weighted by atomic mass is 16.5. The summed E-state index contributed by atoms with van der Waals surface area (Å²) in [7, 11) is 1.64. The van der Waals surface area contributed by atoms with Gasteiger partial charge >= 0.3 is 0 Å². The van der Waals surface area contributed by atoms with Crippen LogP contribution in [0.1, 0.15) is 56.0 Å². The second-order valence-corrected chi connectivity index (χ2v) is 10.3. The molecule has 1 saturated heterocycles. The molecular weight excluding hydrogens is 454 g/mol. The zero-order valence-electron chi connectivity index (χ0n) is 21.0. The molecule has 5 rings (SSSR count). The Morgan fingerprint density at radius 3 is 2.64 bits per heavy atom. The molecule has 7 nitrogen and oxygen atoms in total. The molecule has 2 aromatic carbocycles. The number of fused-ring (bicyclic) bond motifs is 4. The van der Waals surface area contributed by atoms with Crippen LogP contribution in [0.3, 0.4) is 0 Å². The minimum absolute atomic E-state index is 0.0196. The minimum Gasteiger partial charge on any atom is -0.497 e. The molecular formula is C29H33N3O4. The lowest BCUT2D eigenvalue weighted by atomic mass is 9.84. The van der Waals surface area contributed by atoms with Crippen LogP contribution in [0.2, 0.25) is 0 Å². The highest BCUT2D eigenvalue weighted by Gasteiger charge is 2.48. The maximum absolute atomic E-state index is 13.8. The summed E-state index contributed by atoms with van der Waals surface area (Å²) in [6.07, 6.45) is 2.16. The second kappa shape index (κ2) is 9.80. The third-order valence-corrected chi connectivity index (χ3v) is 7.38. The number of ether oxygens (including phenoxy) is 1. The van der Waals surface area contributed by atoms with Gasteiger partial charge in [0.15, 0.2) is 0 Å². The van der Waals surface area contributed by atoms with Gasteiger partial charge in [-0.15, -0.1) is 0 Å². The number of H-pyrrole nitrogens is 1. The van der Waals surface area contributed by atoms with Crippen molar-refractivity contribution in [2.45, 2.75) is 64.1 Å². The average molecular weight is 488 g/mol. The standard InChI is InChI=1S/C29H33N3O4/c1-17(2)13-25-27-22(21-12-11-20(36-3)15-23(21)30-27)16-26-28(34)31-24(29(35)32(25)26)14-19(33)10-9-18-7-5-4-6-8-18/h4-8,11-12,15,17,24-26,30H,9-10,13-14,16H2,1-3H3,(H,31,34)/t24-,25-,26-/m0/s1. The summed E-state index contributed by atoms with van der Waals surface area (Å²) >= 11 is 0. The number of hydrogen-bond donors (Lipinski definition) is 2. The highest BCUT2D eigenvalue weighted by molar-refractivity contribution is 6.01. The molecule has 2 aliphatic heterocycles. The Morgan fingerprint density at radius 1 is 1.14 bits per heavy atom. The van der Waals surface area contributed by atoms with Crippen molar-refractivity contribution >= 4 is 28.5 Å². The number of aryl methyl sites for hydroxylation is 1. The third kappa shape index (κ3) is 4.50. The Balaban J connectivity index is 1.41. The lowest BCUT2D eigenvalue weighted by Crippen LogP contribution is -2.66. The van der Waals surface area contributed by atoms with Crippen LogP contribution < -0.4 is 10.1 Å². The van der Waals surface area contributed by atoms with Crippen molar-refractivity contribution in [2.75, 3.05) is 7.11 Å². The maximum Gasteiger partial charge on any atom is 0.246 e. The maximum atomic E-state index is 13.8. The second-order valence-electron chi connectivity index (χ2n) is 10.3. The van der Waals surface area contributed by atoms with E-state index in [0.29, 0.717) is 25.2 Å². The van der Waals surface area contributed by atoms with Gasteiger partial charge in [0.1, 0.15) is 23.6 Å². The summed E-state index contributed by atoms with van der Waals surface area (Å²) in [5, 5.41) is 3.93. The smallest absolute Gasteiger partial charge is 0.246 e. The normalized spacial score (nSPS) is 21.3. The molecule has 3 atom stereocenters. The largest absolute Gasteiger partial charge is 0.497 e. The first-order valence-corrected chi connectivity index (χ1v) is 12.7. The lowest BCUT2D eigenvalue weighted by molar-refractivity contribution is -0.154. The number of piperazine rings is 1. The summed E-state index contributed by atoms with van der Waals surface area (Å²) in [6.45, 7) is 4.24. The van der Waals surface area contributed by atoms with Crippen LogP contribution in [-0.4, -0.2) is 46.7 Å². The number of Topliss-reactive ketones (excluding diaryl/α,β-unsaturated/α-hetero) is 1. The van der Waals surface area contributed by atoms with Gasteiger partial charge in [0, 0.05) is 41.9 Å². The zero-order valence-corrected chi connectivity index (χ0v) is 21.0. The van der Waals surface area contributed by atoms with Gasteiger partial charge in [0.25, 0.3) is 0 Å². The van der Waals surface area contributed by atoms with Crippen LogP contribution in [0.4, 0.5) is 0 Å². The first kappa shape index (κ1) is 24.1. The van der Waals surface area contributed by atoms with Gasteiger partial charge in [0.05, 0.1) is 13.2 Å². The van der Waals surface area contributed by atoms with Crippen LogP contribution in [0.15, 0.2) is 48.5 Å². The summed E-state index contributed by atoms with van der Waals surface area (Å²) in [4.78, 5) is 45.1. The fraction of sp³-hybridized carbons (Fsp3) is 0.414. The fourth-order valence-corrected chi connectivity index (χ4v) is 5.65. The molecule has 0 unspecified atom stereocenters. The van der Waals surface area contributed by atoms with E-state index in [4.69, 9.17) is 4.74 Å². The van der Waals surface area contributed by atoms with E-state index in [9.17, 15) is 14.4 Å². The molecule has 0 saturated carbocycles. The van der Waals surface area contributed by atoms with Crippen molar-refractivity contribution in [1.82, 2.24) is 15.2 Å². The van der Waals surface area contributed by atoms with Crippen molar-refractivity contribution in [3.05, 3.63) is 65.4 Å². The van der Waals surface area contributed by atoms with Gasteiger partial charge in [-0.2, -0.15) is 0 Å². The SMILES string of the molecule is COc1ccc2c3c([nH]c2c1)[C@H](CC(C)C)N1C(=O)[C@H](CC(=O)CCc2ccccc2)NC(=O)[C@@H]1C3. The predicted octanol–water partition coefficient (Wildman–Crippen LogP) is 4.11. The van der Waals surface area contributed by atoms with E-state index >= 15 is 0 Å². The van der Waals surface area contributed by atoms with Crippen molar-refractivity contribution in [2.24, 2.45) is 5.92 Å². The summed E-state index contributed by atoms with van der Waals surface area (Å²) in [5.41, 5.74) is 4.09. The summed E-state index contributed by atoms with van der Waals surface area (Å²) in [5.74, 6) is 0.693. The molecule has 2 N–H and O–H groups in total. The number of amides is 2. The fourth-order valence-electron chi connectivity index (χ4n) is 5.65.